The van der Waals surface area contributed by atoms with E-state index in [2.05, 4.69) is 0 Å². The standard InChI is InChI=1S/C13H15Cl2NO3S/c1-9-7-10(8-11(12(9)14)20(15,18)19)13(17)16-5-3-2-4-6-16/h7-8H,2-6H2,1H3. The molecule has 1 heterocycles. The van der Waals surface area contributed by atoms with Crippen LogP contribution in [0, 0.1) is 6.92 Å². The Morgan fingerprint density at radius 1 is 1.20 bits per heavy atom. The number of halogens is 2. The second-order valence-electron chi connectivity index (χ2n) is 4.90. The maximum absolute atomic E-state index is 12.4. The molecule has 20 heavy (non-hydrogen) atoms. The Hall–Kier alpha value is -0.780. The Balaban J connectivity index is 2.42. The average Bonchev–Trinajstić information content (AvgIpc) is 2.40. The number of piperidine rings is 1. The van der Waals surface area contributed by atoms with Crippen molar-refractivity contribution in [2.45, 2.75) is 31.1 Å². The molecular formula is C13H15Cl2NO3S. The van der Waals surface area contributed by atoms with E-state index >= 15 is 0 Å². The van der Waals surface area contributed by atoms with E-state index < -0.39 is 9.05 Å². The minimum atomic E-state index is -3.97. The van der Waals surface area contributed by atoms with Crippen molar-refractivity contribution in [2.24, 2.45) is 0 Å². The number of hydrogen-bond acceptors (Lipinski definition) is 3. The highest BCUT2D eigenvalue weighted by Crippen LogP contribution is 2.30. The Labute approximate surface area is 128 Å². The van der Waals surface area contributed by atoms with Gasteiger partial charge in [0.15, 0.2) is 0 Å². The second-order valence-corrected chi connectivity index (χ2v) is 7.81. The molecule has 0 saturated carbocycles. The lowest BCUT2D eigenvalue weighted by Gasteiger charge is -2.27. The highest BCUT2D eigenvalue weighted by atomic mass is 35.7. The Morgan fingerprint density at radius 2 is 1.80 bits per heavy atom. The maximum Gasteiger partial charge on any atom is 0.262 e. The fraction of sp³-hybridized carbons (Fsp3) is 0.462. The first kappa shape index (κ1) is 15.6. The van der Waals surface area contributed by atoms with Crippen LogP contribution in [0.4, 0.5) is 0 Å². The summed E-state index contributed by atoms with van der Waals surface area (Å²) in [6, 6.07) is 2.86. The summed E-state index contributed by atoms with van der Waals surface area (Å²) in [5.74, 6) is -0.175. The van der Waals surface area contributed by atoms with E-state index in [9.17, 15) is 13.2 Å². The molecule has 1 amide bonds. The van der Waals surface area contributed by atoms with Crippen molar-refractivity contribution in [1.82, 2.24) is 4.90 Å². The van der Waals surface area contributed by atoms with Gasteiger partial charge in [-0.15, -0.1) is 0 Å². The lowest BCUT2D eigenvalue weighted by Crippen LogP contribution is -2.35. The lowest BCUT2D eigenvalue weighted by molar-refractivity contribution is 0.0724. The normalized spacial score (nSPS) is 16.2. The van der Waals surface area contributed by atoms with Crippen LogP contribution in [0.25, 0.3) is 0 Å². The molecule has 0 aromatic heterocycles. The van der Waals surface area contributed by atoms with Crippen molar-refractivity contribution < 1.29 is 13.2 Å². The van der Waals surface area contributed by atoms with E-state index in [1.54, 1.807) is 17.9 Å². The van der Waals surface area contributed by atoms with Gasteiger partial charge in [-0.05, 0) is 43.9 Å². The van der Waals surface area contributed by atoms with Gasteiger partial charge in [-0.3, -0.25) is 4.79 Å². The lowest BCUT2D eigenvalue weighted by atomic mass is 10.1. The molecule has 0 bridgehead atoms. The summed E-state index contributed by atoms with van der Waals surface area (Å²) in [6.07, 6.45) is 3.06. The molecule has 0 aliphatic carbocycles. The van der Waals surface area contributed by atoms with Gasteiger partial charge in [-0.2, -0.15) is 0 Å². The van der Waals surface area contributed by atoms with E-state index in [0.29, 0.717) is 24.2 Å². The van der Waals surface area contributed by atoms with Gasteiger partial charge in [0, 0.05) is 29.3 Å². The van der Waals surface area contributed by atoms with E-state index in [0.717, 1.165) is 19.3 Å². The predicted octanol–water partition coefficient (Wildman–Crippen LogP) is 3.20. The topological polar surface area (TPSA) is 54.5 Å². The molecular weight excluding hydrogens is 321 g/mol. The molecule has 1 aliphatic heterocycles. The van der Waals surface area contributed by atoms with Crippen LogP contribution in [0.15, 0.2) is 17.0 Å². The third kappa shape index (κ3) is 3.27. The number of likely N-dealkylation sites (tertiary alicyclic amines) is 1. The molecule has 2 rings (SSSR count). The molecule has 0 unspecified atom stereocenters. The van der Waals surface area contributed by atoms with Crippen LogP contribution in [-0.4, -0.2) is 32.3 Å². The van der Waals surface area contributed by atoms with Crippen LogP contribution < -0.4 is 0 Å². The quantitative estimate of drug-likeness (QED) is 0.780. The molecule has 1 aromatic rings. The summed E-state index contributed by atoms with van der Waals surface area (Å²) < 4.78 is 23.0. The summed E-state index contributed by atoms with van der Waals surface area (Å²) in [4.78, 5) is 13.9. The Morgan fingerprint density at radius 3 is 2.35 bits per heavy atom. The third-order valence-corrected chi connectivity index (χ3v) is 5.33. The van der Waals surface area contributed by atoms with Crippen molar-refractivity contribution in [2.75, 3.05) is 13.1 Å². The first-order valence-electron chi connectivity index (χ1n) is 6.35. The van der Waals surface area contributed by atoms with Crippen LogP contribution in [0.1, 0.15) is 35.2 Å². The van der Waals surface area contributed by atoms with Gasteiger partial charge >= 0.3 is 0 Å². The third-order valence-electron chi connectivity index (χ3n) is 3.37. The van der Waals surface area contributed by atoms with Gasteiger partial charge in [-0.1, -0.05) is 11.6 Å². The van der Waals surface area contributed by atoms with Gasteiger partial charge in [0.1, 0.15) is 4.90 Å². The number of carbonyl (C=O) groups is 1. The molecule has 1 saturated heterocycles. The van der Waals surface area contributed by atoms with Gasteiger partial charge in [0.2, 0.25) is 0 Å². The molecule has 1 fully saturated rings. The number of carbonyl (C=O) groups excluding carboxylic acids is 1. The first-order valence-corrected chi connectivity index (χ1v) is 9.03. The highest BCUT2D eigenvalue weighted by molar-refractivity contribution is 8.13. The van der Waals surface area contributed by atoms with Crippen molar-refractivity contribution in [1.29, 1.82) is 0 Å². The smallest absolute Gasteiger partial charge is 0.262 e. The van der Waals surface area contributed by atoms with Gasteiger partial charge in [0.05, 0.1) is 5.02 Å². The van der Waals surface area contributed by atoms with Crippen LogP contribution in [0.5, 0.6) is 0 Å². The van der Waals surface area contributed by atoms with Gasteiger partial charge in [-0.25, -0.2) is 8.42 Å². The number of nitrogens with zero attached hydrogens (tertiary/aromatic N) is 1. The SMILES string of the molecule is Cc1cc(C(=O)N2CCCCC2)cc(S(=O)(=O)Cl)c1Cl. The molecule has 7 heteroatoms. The van der Waals surface area contributed by atoms with Crippen LogP contribution in [0.3, 0.4) is 0 Å². The fourth-order valence-corrected chi connectivity index (χ4v) is 3.86. The Bertz CT molecular complexity index is 637. The second kappa shape index (κ2) is 5.92. The zero-order valence-corrected chi connectivity index (χ0v) is 13.4. The van der Waals surface area contributed by atoms with E-state index in [-0.39, 0.29) is 15.8 Å². The highest BCUT2D eigenvalue weighted by Gasteiger charge is 2.23. The minimum absolute atomic E-state index is 0.0650. The number of hydrogen-bond donors (Lipinski definition) is 0. The minimum Gasteiger partial charge on any atom is -0.339 e. The van der Waals surface area contributed by atoms with Crippen molar-refractivity contribution in [3.8, 4) is 0 Å². The fourth-order valence-electron chi connectivity index (χ4n) is 2.32. The predicted molar refractivity (Wildman–Crippen MR) is 79.0 cm³/mol. The van der Waals surface area contributed by atoms with Crippen molar-refractivity contribution in [3.63, 3.8) is 0 Å². The van der Waals surface area contributed by atoms with Crippen LogP contribution >= 0.6 is 22.3 Å². The van der Waals surface area contributed by atoms with Gasteiger partial charge < -0.3 is 4.90 Å². The summed E-state index contributed by atoms with van der Waals surface area (Å²) in [6.45, 7) is 3.05. The van der Waals surface area contributed by atoms with Crippen molar-refractivity contribution in [3.05, 3.63) is 28.3 Å². The zero-order valence-electron chi connectivity index (χ0n) is 11.0. The summed E-state index contributed by atoms with van der Waals surface area (Å²) in [5, 5.41) is 0.0650. The van der Waals surface area contributed by atoms with Crippen molar-refractivity contribution >= 4 is 37.2 Å². The molecule has 1 aliphatic rings. The van der Waals surface area contributed by atoms with Crippen LogP contribution in [-0.2, 0) is 9.05 Å². The zero-order chi connectivity index (χ0) is 14.9. The number of rotatable bonds is 2. The first-order chi connectivity index (χ1) is 9.30. The van der Waals surface area contributed by atoms with Crippen LogP contribution in [0.2, 0.25) is 5.02 Å². The number of benzene rings is 1. The maximum atomic E-state index is 12.4. The van der Waals surface area contributed by atoms with E-state index in [1.807, 2.05) is 0 Å². The number of amides is 1. The van der Waals surface area contributed by atoms with E-state index in [1.165, 1.54) is 6.07 Å². The summed E-state index contributed by atoms with van der Waals surface area (Å²) >= 11 is 5.95. The molecule has 0 spiro atoms. The van der Waals surface area contributed by atoms with Gasteiger partial charge in [0.25, 0.3) is 15.0 Å². The molecule has 0 N–H and O–H groups in total. The largest absolute Gasteiger partial charge is 0.339 e. The number of aryl methyl sites for hydroxylation is 1. The molecule has 1 aromatic carbocycles. The Kier molecular flexibility index (Phi) is 4.62. The van der Waals surface area contributed by atoms with E-state index in [4.69, 9.17) is 22.3 Å². The molecule has 0 atom stereocenters. The summed E-state index contributed by atoms with van der Waals surface area (Å²) in [5.41, 5.74) is 0.835. The molecule has 0 radical (unpaired) electrons. The summed E-state index contributed by atoms with van der Waals surface area (Å²) in [7, 11) is 1.39. The molecule has 110 valence electrons. The average molecular weight is 336 g/mol. The monoisotopic (exact) mass is 335 g/mol. The molecule has 4 nitrogen and oxygen atoms in total.